The van der Waals surface area contributed by atoms with Gasteiger partial charge in [0, 0.05) is 39.1 Å². The molecule has 0 bridgehead atoms. The molecule has 2 aromatic rings. The van der Waals surface area contributed by atoms with Gasteiger partial charge in [0.25, 0.3) is 0 Å². The lowest BCUT2D eigenvalue weighted by molar-refractivity contribution is -0.120. The minimum Gasteiger partial charge on any atom is -0.354 e. The van der Waals surface area contributed by atoms with E-state index in [0.29, 0.717) is 24.6 Å². The first-order valence-electron chi connectivity index (χ1n) is 9.67. The molecule has 1 saturated heterocycles. The second-order valence-electron chi connectivity index (χ2n) is 6.97. The summed E-state index contributed by atoms with van der Waals surface area (Å²) in [5.74, 6) is 0.936. The fraction of sp³-hybridized carbons (Fsp3) is 0.364. The van der Waals surface area contributed by atoms with Gasteiger partial charge in [0.1, 0.15) is 5.82 Å². The third-order valence-electron chi connectivity index (χ3n) is 4.95. The zero-order valence-corrected chi connectivity index (χ0v) is 16.2. The molecular formula is C22H27FN4O. The third-order valence-corrected chi connectivity index (χ3v) is 4.95. The number of hydrogen-bond donors (Lipinski definition) is 2. The molecule has 1 heterocycles. The molecule has 1 atom stereocenters. The van der Waals surface area contributed by atoms with Crippen molar-refractivity contribution in [3.05, 3.63) is 71.5 Å². The van der Waals surface area contributed by atoms with Gasteiger partial charge in [-0.25, -0.2) is 4.39 Å². The van der Waals surface area contributed by atoms with Crippen LogP contribution in [-0.4, -0.2) is 50.0 Å². The molecule has 1 fully saturated rings. The Hall–Kier alpha value is -2.89. The molecule has 2 N–H and O–H groups in total. The maximum absolute atomic E-state index is 13.2. The molecule has 3 rings (SSSR count). The largest absolute Gasteiger partial charge is 0.354 e. The van der Waals surface area contributed by atoms with E-state index >= 15 is 0 Å². The third kappa shape index (κ3) is 5.55. The number of likely N-dealkylation sites (tertiary alicyclic amines) is 1. The molecule has 0 radical (unpaired) electrons. The first-order valence-corrected chi connectivity index (χ1v) is 9.67. The van der Waals surface area contributed by atoms with Crippen LogP contribution in [0.5, 0.6) is 0 Å². The summed E-state index contributed by atoms with van der Waals surface area (Å²) in [5.41, 5.74) is 2.04. The Morgan fingerprint density at radius 1 is 1.14 bits per heavy atom. The summed E-state index contributed by atoms with van der Waals surface area (Å²) >= 11 is 0. The SMILES string of the molecule is CN=C(NCCNC(=O)Cc1cccc(F)c1)N1CCC(c2ccccc2)C1. The summed E-state index contributed by atoms with van der Waals surface area (Å²) < 4.78 is 13.2. The van der Waals surface area contributed by atoms with E-state index in [1.807, 2.05) is 6.07 Å². The predicted molar refractivity (Wildman–Crippen MR) is 110 cm³/mol. The van der Waals surface area contributed by atoms with Crippen molar-refractivity contribution in [2.45, 2.75) is 18.8 Å². The highest BCUT2D eigenvalue weighted by Crippen LogP contribution is 2.26. The van der Waals surface area contributed by atoms with Crippen LogP contribution < -0.4 is 10.6 Å². The summed E-state index contributed by atoms with van der Waals surface area (Å²) in [6.07, 6.45) is 1.28. The van der Waals surface area contributed by atoms with E-state index in [1.165, 1.54) is 17.7 Å². The summed E-state index contributed by atoms with van der Waals surface area (Å²) in [6, 6.07) is 16.7. The Kier molecular flexibility index (Phi) is 7.00. The maximum atomic E-state index is 13.2. The Morgan fingerprint density at radius 2 is 1.93 bits per heavy atom. The number of guanidine groups is 1. The number of nitrogens with zero attached hydrogens (tertiary/aromatic N) is 2. The zero-order valence-electron chi connectivity index (χ0n) is 16.2. The lowest BCUT2D eigenvalue weighted by atomic mass is 9.99. The van der Waals surface area contributed by atoms with Crippen LogP contribution in [0.15, 0.2) is 59.6 Å². The van der Waals surface area contributed by atoms with E-state index in [9.17, 15) is 9.18 Å². The van der Waals surface area contributed by atoms with Crippen LogP contribution >= 0.6 is 0 Å². The molecular weight excluding hydrogens is 355 g/mol. The number of carbonyl (C=O) groups excluding carboxylic acids is 1. The van der Waals surface area contributed by atoms with Crippen LogP contribution in [0.3, 0.4) is 0 Å². The van der Waals surface area contributed by atoms with Crippen molar-refractivity contribution in [2.24, 2.45) is 4.99 Å². The predicted octanol–water partition coefficient (Wildman–Crippen LogP) is 2.55. The van der Waals surface area contributed by atoms with Gasteiger partial charge < -0.3 is 15.5 Å². The molecule has 1 unspecified atom stereocenters. The fourth-order valence-corrected chi connectivity index (χ4v) is 3.55. The van der Waals surface area contributed by atoms with Crippen molar-refractivity contribution in [3.63, 3.8) is 0 Å². The number of rotatable bonds is 6. The molecule has 0 aromatic heterocycles. The number of halogens is 1. The smallest absolute Gasteiger partial charge is 0.224 e. The van der Waals surface area contributed by atoms with Gasteiger partial charge in [0.2, 0.25) is 5.91 Å². The van der Waals surface area contributed by atoms with Crippen LogP contribution in [0.2, 0.25) is 0 Å². The molecule has 2 aromatic carbocycles. The normalized spacial score (nSPS) is 16.9. The molecule has 0 saturated carbocycles. The highest BCUT2D eigenvalue weighted by molar-refractivity contribution is 5.81. The molecule has 5 nitrogen and oxygen atoms in total. The Bertz CT molecular complexity index is 809. The summed E-state index contributed by atoms with van der Waals surface area (Å²) in [4.78, 5) is 18.6. The molecule has 1 aliphatic heterocycles. The van der Waals surface area contributed by atoms with Crippen LogP contribution in [0, 0.1) is 5.82 Å². The topological polar surface area (TPSA) is 56.7 Å². The number of carbonyl (C=O) groups is 1. The van der Waals surface area contributed by atoms with E-state index in [-0.39, 0.29) is 18.1 Å². The van der Waals surface area contributed by atoms with E-state index in [2.05, 4.69) is 44.8 Å². The zero-order chi connectivity index (χ0) is 19.8. The van der Waals surface area contributed by atoms with Crippen LogP contribution in [0.25, 0.3) is 0 Å². The fourth-order valence-electron chi connectivity index (χ4n) is 3.55. The van der Waals surface area contributed by atoms with E-state index < -0.39 is 0 Å². The first kappa shape index (κ1) is 19.9. The lowest BCUT2D eigenvalue weighted by Crippen LogP contribution is -2.43. The number of benzene rings is 2. The van der Waals surface area contributed by atoms with Crippen LogP contribution in [0.1, 0.15) is 23.5 Å². The van der Waals surface area contributed by atoms with Crippen LogP contribution in [-0.2, 0) is 11.2 Å². The van der Waals surface area contributed by atoms with Crippen molar-refractivity contribution in [1.29, 1.82) is 0 Å². The Morgan fingerprint density at radius 3 is 2.68 bits per heavy atom. The average molecular weight is 382 g/mol. The van der Waals surface area contributed by atoms with Crippen molar-refractivity contribution >= 4 is 11.9 Å². The molecule has 6 heteroatoms. The van der Waals surface area contributed by atoms with Crippen molar-refractivity contribution < 1.29 is 9.18 Å². The quantitative estimate of drug-likeness (QED) is 0.459. The van der Waals surface area contributed by atoms with E-state index in [1.54, 1.807) is 19.2 Å². The van der Waals surface area contributed by atoms with E-state index in [0.717, 1.165) is 25.5 Å². The number of amides is 1. The lowest BCUT2D eigenvalue weighted by Gasteiger charge is -2.22. The molecule has 148 valence electrons. The van der Waals surface area contributed by atoms with E-state index in [4.69, 9.17) is 0 Å². The van der Waals surface area contributed by atoms with Crippen molar-refractivity contribution in [1.82, 2.24) is 15.5 Å². The Labute approximate surface area is 165 Å². The van der Waals surface area contributed by atoms with Gasteiger partial charge in [-0.05, 0) is 29.7 Å². The summed E-state index contributed by atoms with van der Waals surface area (Å²) in [5, 5.41) is 6.17. The highest BCUT2D eigenvalue weighted by atomic mass is 19.1. The van der Waals surface area contributed by atoms with Gasteiger partial charge in [-0.2, -0.15) is 0 Å². The standard InChI is InChI=1S/C22H27FN4O/c1-24-22(27-13-10-19(16-27)18-7-3-2-4-8-18)26-12-11-25-21(28)15-17-6-5-9-20(23)14-17/h2-9,14,19H,10-13,15-16H2,1H3,(H,24,26)(H,25,28). The van der Waals surface area contributed by atoms with Gasteiger partial charge in [-0.15, -0.1) is 0 Å². The number of aliphatic imine (C=N–C) groups is 1. The summed E-state index contributed by atoms with van der Waals surface area (Å²) in [7, 11) is 1.78. The Balaban J connectivity index is 1.39. The monoisotopic (exact) mass is 382 g/mol. The van der Waals surface area contributed by atoms with Gasteiger partial charge in [-0.1, -0.05) is 42.5 Å². The molecule has 0 aliphatic carbocycles. The van der Waals surface area contributed by atoms with Gasteiger partial charge in [0.05, 0.1) is 6.42 Å². The summed E-state index contributed by atoms with van der Waals surface area (Å²) in [6.45, 7) is 2.98. The molecule has 1 amide bonds. The first-order chi connectivity index (χ1) is 13.7. The maximum Gasteiger partial charge on any atom is 0.224 e. The van der Waals surface area contributed by atoms with Crippen molar-refractivity contribution in [2.75, 3.05) is 33.2 Å². The number of nitrogens with one attached hydrogen (secondary N) is 2. The van der Waals surface area contributed by atoms with Gasteiger partial charge in [-0.3, -0.25) is 9.79 Å². The van der Waals surface area contributed by atoms with Gasteiger partial charge >= 0.3 is 0 Å². The van der Waals surface area contributed by atoms with Crippen molar-refractivity contribution in [3.8, 4) is 0 Å². The highest BCUT2D eigenvalue weighted by Gasteiger charge is 2.25. The second-order valence-corrected chi connectivity index (χ2v) is 6.97. The minimum absolute atomic E-state index is 0.118. The molecule has 28 heavy (non-hydrogen) atoms. The second kappa shape index (κ2) is 9.88. The molecule has 0 spiro atoms. The number of hydrogen-bond acceptors (Lipinski definition) is 2. The molecule has 1 aliphatic rings. The minimum atomic E-state index is -0.324. The van der Waals surface area contributed by atoms with Gasteiger partial charge in [0.15, 0.2) is 5.96 Å². The average Bonchev–Trinajstić information content (AvgIpc) is 3.19. The van der Waals surface area contributed by atoms with Crippen LogP contribution in [0.4, 0.5) is 4.39 Å².